The first-order valence-electron chi connectivity index (χ1n) is 19.2. The van der Waals surface area contributed by atoms with E-state index in [1.807, 2.05) is 48.5 Å². The zero-order valence-corrected chi connectivity index (χ0v) is 33.6. The van der Waals surface area contributed by atoms with Gasteiger partial charge in [0.1, 0.15) is 34.7 Å². The molecule has 10 heteroatoms. The van der Waals surface area contributed by atoms with E-state index in [9.17, 15) is 9.59 Å². The van der Waals surface area contributed by atoms with Crippen molar-refractivity contribution in [1.29, 1.82) is 0 Å². The third kappa shape index (κ3) is 7.17. The van der Waals surface area contributed by atoms with E-state index in [0.29, 0.717) is 26.3 Å². The summed E-state index contributed by atoms with van der Waals surface area (Å²) in [6, 6.07) is 46.8. The van der Waals surface area contributed by atoms with Crippen LogP contribution in [0.15, 0.2) is 159 Å². The Morgan fingerprint density at radius 1 is 0.576 bits per heavy atom. The number of carbonyl (C=O) groups excluding carboxylic acids is 2. The van der Waals surface area contributed by atoms with Crippen LogP contribution < -0.4 is 20.1 Å². The van der Waals surface area contributed by atoms with E-state index >= 15 is 0 Å². The van der Waals surface area contributed by atoms with Gasteiger partial charge in [0.15, 0.2) is 0 Å². The van der Waals surface area contributed by atoms with E-state index < -0.39 is 5.41 Å². The Morgan fingerprint density at radius 2 is 1.00 bits per heavy atom. The minimum Gasteiger partial charge on any atom is -0.492 e. The second-order valence-corrected chi connectivity index (χ2v) is 16.0. The zero-order chi connectivity index (χ0) is 40.3. The monoisotopic (exact) mass is 810 g/mol. The molecule has 9 rings (SSSR count). The number of carbonyl (C=O) groups is 2. The van der Waals surface area contributed by atoms with Gasteiger partial charge in [-0.1, -0.05) is 73.8 Å². The van der Waals surface area contributed by atoms with Crippen molar-refractivity contribution in [2.45, 2.75) is 5.41 Å². The Hall–Kier alpha value is -6.88. The highest BCUT2D eigenvalue weighted by Gasteiger charge is 2.46. The molecule has 1 aliphatic carbocycles. The molecule has 0 atom stereocenters. The Kier molecular flexibility index (Phi) is 10.3. The number of rotatable bonds is 14. The fourth-order valence-electron chi connectivity index (χ4n) is 7.80. The molecule has 8 nitrogen and oxygen atoms in total. The van der Waals surface area contributed by atoms with Crippen molar-refractivity contribution in [2.24, 2.45) is 0 Å². The number of nitrogens with zero attached hydrogens (tertiary/aromatic N) is 2. The van der Waals surface area contributed by atoms with Gasteiger partial charge in [0.2, 0.25) is 11.8 Å². The van der Waals surface area contributed by atoms with Crippen molar-refractivity contribution in [3.05, 3.63) is 181 Å². The molecule has 59 heavy (non-hydrogen) atoms. The molecule has 1 aliphatic rings. The second-order valence-electron chi connectivity index (χ2n) is 14.0. The van der Waals surface area contributed by atoms with Crippen LogP contribution in [0.3, 0.4) is 0 Å². The largest absolute Gasteiger partial charge is 0.492 e. The van der Waals surface area contributed by atoms with Gasteiger partial charge in [-0.3, -0.25) is 9.59 Å². The van der Waals surface area contributed by atoms with E-state index in [1.165, 1.54) is 45.5 Å². The van der Waals surface area contributed by atoms with Crippen molar-refractivity contribution in [3.63, 3.8) is 0 Å². The average molecular weight is 811 g/mol. The number of ether oxygens (including phenoxy) is 2. The summed E-state index contributed by atoms with van der Waals surface area (Å²) >= 11 is 3.36. The van der Waals surface area contributed by atoms with E-state index in [4.69, 9.17) is 19.4 Å². The summed E-state index contributed by atoms with van der Waals surface area (Å²) in [7, 11) is 0. The van der Waals surface area contributed by atoms with E-state index in [0.717, 1.165) is 53.1 Å². The molecule has 0 saturated carbocycles. The minimum absolute atomic E-state index is 0.220. The molecule has 0 radical (unpaired) electrons. The first kappa shape index (κ1) is 37.7. The highest BCUT2D eigenvalue weighted by atomic mass is 32.1. The molecule has 2 heterocycles. The molecule has 0 aliphatic heterocycles. The highest BCUT2D eigenvalue weighted by molar-refractivity contribution is 7.22. The number of thiazole rings is 2. The van der Waals surface area contributed by atoms with Crippen molar-refractivity contribution in [1.82, 2.24) is 20.6 Å². The van der Waals surface area contributed by atoms with Gasteiger partial charge in [0, 0.05) is 11.1 Å². The van der Waals surface area contributed by atoms with E-state index in [1.54, 1.807) is 22.7 Å². The van der Waals surface area contributed by atoms with Crippen LogP contribution in [0.5, 0.6) is 11.5 Å². The number of fused-ring (bicyclic) bond motifs is 5. The fourth-order valence-corrected chi connectivity index (χ4v) is 9.83. The first-order valence-corrected chi connectivity index (χ1v) is 20.9. The van der Waals surface area contributed by atoms with Gasteiger partial charge >= 0.3 is 0 Å². The van der Waals surface area contributed by atoms with Crippen molar-refractivity contribution < 1.29 is 19.1 Å². The molecule has 0 bridgehead atoms. The van der Waals surface area contributed by atoms with Gasteiger partial charge < -0.3 is 20.1 Å². The summed E-state index contributed by atoms with van der Waals surface area (Å²) in [5.41, 5.74) is 10.6. The molecule has 0 spiro atoms. The van der Waals surface area contributed by atoms with E-state index in [-0.39, 0.29) is 11.8 Å². The lowest BCUT2D eigenvalue weighted by molar-refractivity contribution is -0.117. The summed E-state index contributed by atoms with van der Waals surface area (Å²) in [6.07, 6.45) is 2.49. The quantitative estimate of drug-likeness (QED) is 0.0838. The molecule has 0 saturated heterocycles. The van der Waals surface area contributed by atoms with Gasteiger partial charge in [0.05, 0.1) is 38.9 Å². The highest BCUT2D eigenvalue weighted by Crippen LogP contribution is 2.57. The van der Waals surface area contributed by atoms with Gasteiger partial charge in [-0.05, 0) is 118 Å². The molecule has 290 valence electrons. The molecule has 0 fully saturated rings. The van der Waals surface area contributed by atoms with Crippen LogP contribution in [0.4, 0.5) is 0 Å². The zero-order valence-electron chi connectivity index (χ0n) is 31.9. The summed E-state index contributed by atoms with van der Waals surface area (Å²) in [5.74, 6) is 1.01. The fraction of sp³-hybridized carbons (Fsp3) is 0.102. The maximum absolute atomic E-state index is 11.4. The molecule has 2 aromatic heterocycles. The molecule has 0 unspecified atom stereocenters. The van der Waals surface area contributed by atoms with Gasteiger partial charge in [-0.15, -0.1) is 22.7 Å². The maximum atomic E-state index is 11.4. The van der Waals surface area contributed by atoms with Gasteiger partial charge in [-0.2, -0.15) is 0 Å². The lowest BCUT2D eigenvalue weighted by atomic mass is 9.67. The Bertz CT molecular complexity index is 2680. The maximum Gasteiger partial charge on any atom is 0.243 e. The third-order valence-electron chi connectivity index (χ3n) is 10.5. The lowest BCUT2D eigenvalue weighted by Gasteiger charge is -2.33. The average Bonchev–Trinajstić information content (AvgIpc) is 3.99. The number of hydrogen-bond acceptors (Lipinski definition) is 8. The van der Waals surface area contributed by atoms with Crippen molar-refractivity contribution in [2.75, 3.05) is 26.3 Å². The van der Waals surface area contributed by atoms with Crippen LogP contribution in [-0.4, -0.2) is 48.1 Å². The summed E-state index contributed by atoms with van der Waals surface area (Å²) in [6.45, 7) is 8.47. The Balaban J connectivity index is 1.06. The van der Waals surface area contributed by atoms with Crippen molar-refractivity contribution in [3.8, 4) is 43.8 Å². The van der Waals surface area contributed by atoms with Crippen LogP contribution in [0.2, 0.25) is 0 Å². The smallest absolute Gasteiger partial charge is 0.243 e. The van der Waals surface area contributed by atoms with Crippen LogP contribution in [-0.2, 0) is 15.0 Å². The van der Waals surface area contributed by atoms with Crippen LogP contribution in [0, 0.1) is 0 Å². The normalized spacial score (nSPS) is 12.4. The second kappa shape index (κ2) is 16.2. The van der Waals surface area contributed by atoms with Crippen LogP contribution >= 0.6 is 22.7 Å². The van der Waals surface area contributed by atoms with E-state index in [2.05, 4.69) is 109 Å². The number of benzene rings is 6. The standard InChI is InChI=1S/C49H38N4O4S2/c1-3-45(54)50-25-27-56-35-19-13-31(14-20-35)47-52-41-23-17-33(29-43(41)58-47)49(39-11-7-5-9-37(39)38-10-6-8-12-40(38)49)34-18-24-42-44(30-34)59-48(53-42)32-15-21-36(22-16-32)57-28-26-51-46(55)4-2/h3-24,29-30H,1-2,25-28H2,(H,50,54)(H,51,55). The molecule has 6 aromatic carbocycles. The van der Waals surface area contributed by atoms with Crippen LogP contribution in [0.25, 0.3) is 52.7 Å². The molecular weight excluding hydrogens is 773 g/mol. The lowest BCUT2D eigenvalue weighted by Crippen LogP contribution is -2.28. The SMILES string of the molecule is C=CC(=O)NCCOc1ccc(-c2nc3ccc(C4(c5ccc6nc(-c7ccc(OCCNC(=O)C=C)cc7)sc6c5)c5ccccc5-c5ccccc54)cc3s2)cc1. The minimum atomic E-state index is -0.585. The summed E-state index contributed by atoms with van der Waals surface area (Å²) < 4.78 is 13.9. The third-order valence-corrected chi connectivity index (χ3v) is 12.6. The Morgan fingerprint density at radius 3 is 1.42 bits per heavy atom. The predicted octanol–water partition coefficient (Wildman–Crippen LogP) is 9.97. The van der Waals surface area contributed by atoms with Gasteiger partial charge in [-0.25, -0.2) is 9.97 Å². The van der Waals surface area contributed by atoms with Gasteiger partial charge in [0.25, 0.3) is 0 Å². The number of aromatic nitrogens is 2. The van der Waals surface area contributed by atoms with Crippen molar-refractivity contribution >= 4 is 54.9 Å². The summed E-state index contributed by atoms with van der Waals surface area (Å²) in [4.78, 5) is 33.0. The predicted molar refractivity (Wildman–Crippen MR) is 238 cm³/mol. The van der Waals surface area contributed by atoms with Crippen LogP contribution in [0.1, 0.15) is 22.3 Å². The topological polar surface area (TPSA) is 102 Å². The number of hydrogen-bond donors (Lipinski definition) is 2. The Labute approximate surface area is 349 Å². The summed E-state index contributed by atoms with van der Waals surface area (Å²) in [5, 5.41) is 7.31. The molecule has 2 amide bonds. The molecular formula is C49H38N4O4S2. The number of nitrogens with one attached hydrogen (secondary N) is 2. The molecule has 2 N–H and O–H groups in total. The number of amides is 2. The molecule has 8 aromatic rings. The first-order chi connectivity index (χ1) is 28.9.